The van der Waals surface area contributed by atoms with Gasteiger partial charge in [-0.05, 0) is 53.9 Å². The number of nitrogens with zero attached hydrogens (tertiary/aromatic N) is 2. The SMILES string of the molecule is CCCCNC(=O)[C@H](Cc1ccccc1)N(Cc1cccc(Cl)c1)C(=O)CN(c1cc(OC)ccc1OC)S(=O)(=O)c1ccc(OC)c(OC)c1. The van der Waals surface area contributed by atoms with Crippen LogP contribution in [0, 0.1) is 0 Å². The van der Waals surface area contributed by atoms with Gasteiger partial charge in [0.15, 0.2) is 11.5 Å². The normalized spacial score (nSPS) is 11.6. The summed E-state index contributed by atoms with van der Waals surface area (Å²) < 4.78 is 52.1. The molecule has 0 saturated heterocycles. The second-order valence-electron chi connectivity index (χ2n) is 11.6. The standard InChI is InChI=1S/C38H44ClN3O8S/c1-6-7-20-40-38(44)33(22-27-12-9-8-10-13-27)41(25-28-14-11-15-29(39)21-28)37(43)26-42(32-23-30(47-2)16-18-34(32)48-3)51(45,46)31-17-19-35(49-4)36(24-31)50-5/h8-19,21,23-24,33H,6-7,20,22,25-26H2,1-5H3,(H,40,44)/t33-/m0/s1. The first-order chi connectivity index (χ1) is 24.6. The van der Waals surface area contributed by atoms with Gasteiger partial charge in [0.2, 0.25) is 11.8 Å². The first-order valence-electron chi connectivity index (χ1n) is 16.4. The number of ether oxygens (including phenoxy) is 4. The van der Waals surface area contributed by atoms with E-state index >= 15 is 0 Å². The highest BCUT2D eigenvalue weighted by Gasteiger charge is 2.36. The molecule has 272 valence electrons. The molecule has 4 aromatic rings. The minimum atomic E-state index is -4.51. The molecule has 0 aliphatic carbocycles. The molecule has 0 heterocycles. The molecule has 0 fully saturated rings. The Morgan fingerprint density at radius 3 is 2.12 bits per heavy atom. The highest BCUT2D eigenvalue weighted by molar-refractivity contribution is 7.92. The summed E-state index contributed by atoms with van der Waals surface area (Å²) in [5.41, 5.74) is 1.53. The highest BCUT2D eigenvalue weighted by atomic mass is 35.5. The zero-order chi connectivity index (χ0) is 37.0. The molecule has 0 aliphatic rings. The van der Waals surface area contributed by atoms with E-state index in [9.17, 15) is 18.0 Å². The van der Waals surface area contributed by atoms with Crippen molar-refractivity contribution in [3.63, 3.8) is 0 Å². The summed E-state index contributed by atoms with van der Waals surface area (Å²) >= 11 is 6.35. The third-order valence-electron chi connectivity index (χ3n) is 8.22. The van der Waals surface area contributed by atoms with E-state index in [2.05, 4.69) is 5.32 Å². The number of benzene rings is 4. The van der Waals surface area contributed by atoms with Gasteiger partial charge in [0.1, 0.15) is 24.1 Å². The maximum absolute atomic E-state index is 14.8. The van der Waals surface area contributed by atoms with Crippen molar-refractivity contribution in [3.8, 4) is 23.0 Å². The largest absolute Gasteiger partial charge is 0.497 e. The number of sulfonamides is 1. The summed E-state index contributed by atoms with van der Waals surface area (Å²) in [6.45, 7) is 1.70. The number of carbonyl (C=O) groups excluding carboxylic acids is 2. The molecule has 13 heteroatoms. The first kappa shape index (κ1) is 38.9. The Labute approximate surface area is 305 Å². The number of methoxy groups -OCH3 is 4. The number of amides is 2. The molecule has 0 unspecified atom stereocenters. The van der Waals surface area contributed by atoms with Gasteiger partial charge in [-0.15, -0.1) is 0 Å². The molecule has 51 heavy (non-hydrogen) atoms. The zero-order valence-electron chi connectivity index (χ0n) is 29.4. The van der Waals surface area contributed by atoms with Crippen LogP contribution in [0.15, 0.2) is 95.9 Å². The maximum atomic E-state index is 14.8. The second-order valence-corrected chi connectivity index (χ2v) is 13.9. The van der Waals surface area contributed by atoms with Crippen LogP contribution in [0.1, 0.15) is 30.9 Å². The Bertz CT molecular complexity index is 1890. The molecular formula is C38H44ClN3O8S. The van der Waals surface area contributed by atoms with Crippen molar-refractivity contribution in [2.45, 2.75) is 43.7 Å². The summed E-state index contributed by atoms with van der Waals surface area (Å²) in [7, 11) is 1.18. The molecule has 4 rings (SSSR count). The molecule has 11 nitrogen and oxygen atoms in total. The fraction of sp³-hybridized carbons (Fsp3) is 0.316. The summed E-state index contributed by atoms with van der Waals surface area (Å²) in [6, 6.07) is 24.1. The third kappa shape index (κ3) is 9.86. The molecule has 0 aromatic heterocycles. The number of nitrogens with one attached hydrogen (secondary N) is 1. The van der Waals surface area contributed by atoms with Gasteiger partial charge in [-0.1, -0.05) is 67.4 Å². The molecule has 0 aliphatic heterocycles. The lowest BCUT2D eigenvalue weighted by Crippen LogP contribution is -2.53. The van der Waals surface area contributed by atoms with Gasteiger partial charge in [0, 0.05) is 36.7 Å². The van der Waals surface area contributed by atoms with Crippen molar-refractivity contribution in [2.75, 3.05) is 45.8 Å². The summed E-state index contributed by atoms with van der Waals surface area (Å²) in [5, 5.41) is 3.43. The van der Waals surface area contributed by atoms with E-state index in [1.807, 2.05) is 37.3 Å². The van der Waals surface area contributed by atoms with E-state index in [1.165, 1.54) is 57.6 Å². The van der Waals surface area contributed by atoms with E-state index < -0.39 is 28.5 Å². The van der Waals surface area contributed by atoms with Gasteiger partial charge in [0.25, 0.3) is 10.0 Å². The number of unbranched alkanes of at least 4 members (excludes halogenated alkanes) is 1. The zero-order valence-corrected chi connectivity index (χ0v) is 31.0. The monoisotopic (exact) mass is 737 g/mol. The molecular weight excluding hydrogens is 694 g/mol. The highest BCUT2D eigenvalue weighted by Crippen LogP contribution is 2.38. The van der Waals surface area contributed by atoms with Crippen LogP contribution in [0.4, 0.5) is 5.69 Å². The van der Waals surface area contributed by atoms with Crippen molar-refractivity contribution in [1.29, 1.82) is 0 Å². The van der Waals surface area contributed by atoms with Gasteiger partial charge >= 0.3 is 0 Å². The van der Waals surface area contributed by atoms with E-state index in [-0.39, 0.29) is 41.0 Å². The summed E-state index contributed by atoms with van der Waals surface area (Å²) in [6.07, 6.45) is 1.79. The Kier molecular flexibility index (Phi) is 14.0. The van der Waals surface area contributed by atoms with Gasteiger partial charge < -0.3 is 29.2 Å². The number of hydrogen-bond acceptors (Lipinski definition) is 8. The molecule has 0 radical (unpaired) electrons. The van der Waals surface area contributed by atoms with Crippen LogP contribution in [0.25, 0.3) is 0 Å². The van der Waals surface area contributed by atoms with Crippen molar-refractivity contribution < 1.29 is 37.0 Å². The molecule has 2 amide bonds. The van der Waals surface area contributed by atoms with Crippen molar-refractivity contribution in [3.05, 3.63) is 107 Å². The maximum Gasteiger partial charge on any atom is 0.265 e. The van der Waals surface area contributed by atoms with E-state index in [0.717, 1.165) is 22.7 Å². The van der Waals surface area contributed by atoms with E-state index in [4.69, 9.17) is 30.5 Å². The minimum absolute atomic E-state index is 0.0302. The Morgan fingerprint density at radius 2 is 1.47 bits per heavy atom. The van der Waals surface area contributed by atoms with Crippen LogP contribution in [0.3, 0.4) is 0 Å². The number of rotatable bonds is 18. The Balaban J connectivity index is 1.89. The van der Waals surface area contributed by atoms with Crippen LogP contribution in [0.2, 0.25) is 5.02 Å². The number of halogens is 1. The van der Waals surface area contributed by atoms with Crippen molar-refractivity contribution in [1.82, 2.24) is 10.2 Å². The fourth-order valence-electron chi connectivity index (χ4n) is 5.50. The summed E-state index contributed by atoms with van der Waals surface area (Å²) in [5.74, 6) is -0.00214. The topological polar surface area (TPSA) is 124 Å². The van der Waals surface area contributed by atoms with Gasteiger partial charge in [-0.2, -0.15) is 0 Å². The Morgan fingerprint density at radius 1 is 0.784 bits per heavy atom. The Hall–Kier alpha value is -4.94. The second kappa shape index (κ2) is 18.3. The van der Waals surface area contributed by atoms with Crippen LogP contribution >= 0.6 is 11.6 Å². The van der Waals surface area contributed by atoms with Crippen molar-refractivity contribution in [2.24, 2.45) is 0 Å². The van der Waals surface area contributed by atoms with Crippen molar-refractivity contribution >= 4 is 39.1 Å². The number of hydrogen-bond donors (Lipinski definition) is 1. The molecule has 4 aromatic carbocycles. The third-order valence-corrected chi connectivity index (χ3v) is 10.2. The van der Waals surface area contributed by atoms with E-state index in [0.29, 0.717) is 28.6 Å². The van der Waals surface area contributed by atoms with E-state index in [1.54, 1.807) is 36.4 Å². The minimum Gasteiger partial charge on any atom is -0.497 e. The molecule has 1 N–H and O–H groups in total. The first-order valence-corrected chi connectivity index (χ1v) is 18.2. The lowest BCUT2D eigenvalue weighted by atomic mass is 10.0. The predicted octanol–water partition coefficient (Wildman–Crippen LogP) is 6.13. The number of anilines is 1. The van der Waals surface area contributed by atoms with Crippen LogP contribution < -0.4 is 28.6 Å². The van der Waals surface area contributed by atoms with Gasteiger partial charge in [-0.25, -0.2) is 8.42 Å². The molecule has 0 bridgehead atoms. The quantitative estimate of drug-likeness (QED) is 0.121. The molecule has 0 saturated carbocycles. The van der Waals surface area contributed by atoms with Gasteiger partial charge in [-0.3, -0.25) is 13.9 Å². The fourth-order valence-corrected chi connectivity index (χ4v) is 7.15. The van der Waals surface area contributed by atoms with Crippen LogP contribution in [-0.2, 0) is 32.6 Å². The smallest absolute Gasteiger partial charge is 0.265 e. The average Bonchev–Trinajstić information content (AvgIpc) is 3.14. The lowest BCUT2D eigenvalue weighted by Gasteiger charge is -2.34. The van der Waals surface area contributed by atoms with Gasteiger partial charge in [0.05, 0.1) is 39.0 Å². The average molecular weight is 738 g/mol. The van der Waals surface area contributed by atoms with Crippen LogP contribution in [-0.4, -0.2) is 72.7 Å². The molecule has 1 atom stereocenters. The predicted molar refractivity (Wildman–Crippen MR) is 197 cm³/mol. The molecule has 0 spiro atoms. The summed E-state index contributed by atoms with van der Waals surface area (Å²) in [4.78, 5) is 30.1. The van der Waals surface area contributed by atoms with Crippen LogP contribution in [0.5, 0.6) is 23.0 Å². The number of carbonyl (C=O) groups is 2. The lowest BCUT2D eigenvalue weighted by molar-refractivity contribution is -0.140.